The molecule has 0 spiro atoms. The summed E-state index contributed by atoms with van der Waals surface area (Å²) < 4.78 is 27.2. The molecule has 0 bridgehead atoms. The summed E-state index contributed by atoms with van der Waals surface area (Å²) in [6.07, 6.45) is 0. The number of rotatable bonds is 4. The SMILES string of the molecule is O=C(Nc1cccc(Cl)c1)c1ccc(C(=O)Nc2c(F)cccc2F)cc1. The molecule has 0 radical (unpaired) electrons. The van der Waals surface area contributed by atoms with Crippen LogP contribution in [-0.2, 0) is 0 Å². The Labute approximate surface area is 158 Å². The number of amides is 2. The van der Waals surface area contributed by atoms with E-state index < -0.39 is 23.2 Å². The summed E-state index contributed by atoms with van der Waals surface area (Å²) in [5, 5.41) is 5.35. The molecule has 0 heterocycles. The van der Waals surface area contributed by atoms with Crippen molar-refractivity contribution in [3.8, 4) is 0 Å². The van der Waals surface area contributed by atoms with Gasteiger partial charge in [-0.25, -0.2) is 8.78 Å². The Kier molecular flexibility index (Phi) is 5.47. The highest BCUT2D eigenvalue weighted by Gasteiger charge is 2.14. The van der Waals surface area contributed by atoms with Crippen molar-refractivity contribution in [2.75, 3.05) is 10.6 Å². The Balaban J connectivity index is 1.71. The van der Waals surface area contributed by atoms with E-state index in [9.17, 15) is 18.4 Å². The van der Waals surface area contributed by atoms with Gasteiger partial charge in [-0.1, -0.05) is 23.7 Å². The third-order valence-electron chi connectivity index (χ3n) is 3.69. The van der Waals surface area contributed by atoms with E-state index in [1.165, 1.54) is 30.3 Å². The topological polar surface area (TPSA) is 58.2 Å². The van der Waals surface area contributed by atoms with Gasteiger partial charge < -0.3 is 10.6 Å². The largest absolute Gasteiger partial charge is 0.322 e. The van der Waals surface area contributed by atoms with Crippen LogP contribution in [0.15, 0.2) is 66.7 Å². The van der Waals surface area contributed by atoms with Crippen LogP contribution in [0.1, 0.15) is 20.7 Å². The van der Waals surface area contributed by atoms with Crippen LogP contribution in [0.3, 0.4) is 0 Å². The summed E-state index contributed by atoms with van der Waals surface area (Å²) in [5.41, 5.74) is 0.468. The fourth-order valence-corrected chi connectivity index (χ4v) is 2.54. The van der Waals surface area contributed by atoms with Crippen molar-refractivity contribution >= 4 is 34.8 Å². The van der Waals surface area contributed by atoms with Gasteiger partial charge in [0.15, 0.2) is 0 Å². The minimum atomic E-state index is -0.874. The van der Waals surface area contributed by atoms with E-state index in [-0.39, 0.29) is 11.5 Å². The maximum Gasteiger partial charge on any atom is 0.255 e. The molecule has 3 aromatic rings. The minimum absolute atomic E-state index is 0.150. The highest BCUT2D eigenvalue weighted by Crippen LogP contribution is 2.19. The Morgan fingerprint density at radius 3 is 1.81 bits per heavy atom. The number of para-hydroxylation sites is 1. The van der Waals surface area contributed by atoms with Crippen molar-refractivity contribution < 1.29 is 18.4 Å². The molecule has 3 aromatic carbocycles. The van der Waals surface area contributed by atoms with Crippen LogP contribution in [0.25, 0.3) is 0 Å². The lowest BCUT2D eigenvalue weighted by molar-refractivity contribution is 0.101. The number of benzene rings is 3. The normalized spacial score (nSPS) is 10.3. The van der Waals surface area contributed by atoms with Crippen molar-refractivity contribution in [1.82, 2.24) is 0 Å². The molecule has 0 fully saturated rings. The van der Waals surface area contributed by atoms with Gasteiger partial charge in [0, 0.05) is 21.8 Å². The summed E-state index contributed by atoms with van der Waals surface area (Å²) in [4.78, 5) is 24.4. The standard InChI is InChI=1S/C20H13ClF2N2O2/c21-14-3-1-4-15(11-14)24-19(26)12-7-9-13(10-8-12)20(27)25-18-16(22)5-2-6-17(18)23/h1-11H,(H,24,26)(H,25,27). The molecule has 0 saturated carbocycles. The highest BCUT2D eigenvalue weighted by molar-refractivity contribution is 6.31. The van der Waals surface area contributed by atoms with Gasteiger partial charge in [-0.2, -0.15) is 0 Å². The van der Waals surface area contributed by atoms with Gasteiger partial charge in [0.05, 0.1) is 0 Å². The zero-order valence-electron chi connectivity index (χ0n) is 13.8. The summed E-state index contributed by atoms with van der Waals surface area (Å²) in [5.74, 6) is -2.83. The second-order valence-electron chi connectivity index (χ2n) is 5.59. The zero-order valence-corrected chi connectivity index (χ0v) is 14.6. The molecule has 0 aromatic heterocycles. The number of hydrogen-bond donors (Lipinski definition) is 2. The lowest BCUT2D eigenvalue weighted by atomic mass is 10.1. The molecule has 3 rings (SSSR count). The van der Waals surface area contributed by atoms with Gasteiger partial charge in [-0.3, -0.25) is 9.59 Å². The first-order chi connectivity index (χ1) is 12.9. The highest BCUT2D eigenvalue weighted by atomic mass is 35.5. The molecule has 7 heteroatoms. The van der Waals surface area contributed by atoms with Gasteiger partial charge in [0.1, 0.15) is 17.3 Å². The Morgan fingerprint density at radius 2 is 1.26 bits per heavy atom. The second-order valence-corrected chi connectivity index (χ2v) is 6.03. The van der Waals surface area contributed by atoms with Gasteiger partial charge >= 0.3 is 0 Å². The Morgan fingerprint density at radius 1 is 0.741 bits per heavy atom. The van der Waals surface area contributed by atoms with Gasteiger partial charge in [0.2, 0.25) is 0 Å². The van der Waals surface area contributed by atoms with Crippen molar-refractivity contribution in [2.45, 2.75) is 0 Å². The zero-order chi connectivity index (χ0) is 19.4. The van der Waals surface area contributed by atoms with Gasteiger partial charge in [0.25, 0.3) is 11.8 Å². The van der Waals surface area contributed by atoms with E-state index in [2.05, 4.69) is 10.6 Å². The smallest absolute Gasteiger partial charge is 0.255 e. The molecular weight excluding hydrogens is 374 g/mol. The fourth-order valence-electron chi connectivity index (χ4n) is 2.35. The van der Waals surface area contributed by atoms with Crippen LogP contribution in [0.2, 0.25) is 5.02 Å². The van der Waals surface area contributed by atoms with Crippen molar-refractivity contribution in [3.05, 3.63) is 94.5 Å². The lowest BCUT2D eigenvalue weighted by Crippen LogP contribution is -2.15. The van der Waals surface area contributed by atoms with Crippen LogP contribution in [0.5, 0.6) is 0 Å². The molecule has 0 atom stereocenters. The predicted molar refractivity (Wildman–Crippen MR) is 100 cm³/mol. The summed E-state index contributed by atoms with van der Waals surface area (Å²) in [6, 6.07) is 15.6. The van der Waals surface area contributed by atoms with Gasteiger partial charge in [-0.05, 0) is 54.6 Å². The third-order valence-corrected chi connectivity index (χ3v) is 3.93. The van der Waals surface area contributed by atoms with E-state index in [1.807, 2.05) is 0 Å². The van der Waals surface area contributed by atoms with Crippen molar-refractivity contribution in [2.24, 2.45) is 0 Å². The molecule has 0 saturated heterocycles. The molecule has 0 aliphatic heterocycles. The quantitative estimate of drug-likeness (QED) is 0.653. The minimum Gasteiger partial charge on any atom is -0.322 e. The number of anilines is 2. The van der Waals surface area contributed by atoms with Crippen LogP contribution in [-0.4, -0.2) is 11.8 Å². The average Bonchev–Trinajstić information content (AvgIpc) is 2.65. The first-order valence-corrected chi connectivity index (χ1v) is 8.24. The predicted octanol–water partition coefficient (Wildman–Crippen LogP) is 5.12. The molecule has 2 N–H and O–H groups in total. The lowest BCUT2D eigenvalue weighted by Gasteiger charge is -2.09. The third kappa shape index (κ3) is 4.48. The van der Waals surface area contributed by atoms with E-state index in [0.717, 1.165) is 12.1 Å². The van der Waals surface area contributed by atoms with Crippen LogP contribution < -0.4 is 10.6 Å². The summed E-state index contributed by atoms with van der Waals surface area (Å²) in [6.45, 7) is 0. The molecule has 4 nitrogen and oxygen atoms in total. The summed E-state index contributed by atoms with van der Waals surface area (Å²) in [7, 11) is 0. The molecule has 0 aliphatic rings. The Bertz CT molecular complexity index is 987. The maximum absolute atomic E-state index is 13.6. The molecule has 136 valence electrons. The van der Waals surface area contributed by atoms with E-state index in [0.29, 0.717) is 16.3 Å². The number of nitrogens with one attached hydrogen (secondary N) is 2. The Hall–Kier alpha value is -3.25. The monoisotopic (exact) mass is 386 g/mol. The first kappa shape index (κ1) is 18.5. The van der Waals surface area contributed by atoms with E-state index >= 15 is 0 Å². The molecule has 2 amide bonds. The van der Waals surface area contributed by atoms with Crippen LogP contribution in [0.4, 0.5) is 20.2 Å². The number of carbonyl (C=O) groups is 2. The van der Waals surface area contributed by atoms with Crippen molar-refractivity contribution in [1.29, 1.82) is 0 Å². The first-order valence-electron chi connectivity index (χ1n) is 7.86. The van der Waals surface area contributed by atoms with E-state index in [1.54, 1.807) is 24.3 Å². The van der Waals surface area contributed by atoms with Gasteiger partial charge in [-0.15, -0.1) is 0 Å². The van der Waals surface area contributed by atoms with Crippen molar-refractivity contribution in [3.63, 3.8) is 0 Å². The maximum atomic E-state index is 13.6. The molecule has 0 unspecified atom stereocenters. The fraction of sp³-hybridized carbons (Fsp3) is 0. The number of carbonyl (C=O) groups excluding carboxylic acids is 2. The molecule has 0 aliphatic carbocycles. The number of hydrogen-bond acceptors (Lipinski definition) is 2. The number of halogens is 3. The van der Waals surface area contributed by atoms with E-state index in [4.69, 9.17) is 11.6 Å². The van der Waals surface area contributed by atoms with Crippen LogP contribution >= 0.6 is 11.6 Å². The molecular formula is C20H13ClF2N2O2. The average molecular weight is 387 g/mol. The molecule has 27 heavy (non-hydrogen) atoms. The van der Waals surface area contributed by atoms with Crippen LogP contribution in [0, 0.1) is 11.6 Å². The summed E-state index contributed by atoms with van der Waals surface area (Å²) >= 11 is 5.87. The second kappa shape index (κ2) is 7.97.